The van der Waals surface area contributed by atoms with E-state index in [0.29, 0.717) is 42.5 Å². The summed E-state index contributed by atoms with van der Waals surface area (Å²) in [5.41, 5.74) is 1.36. The minimum atomic E-state index is -3.68. The van der Waals surface area contributed by atoms with Crippen LogP contribution in [0.15, 0.2) is 46.2 Å². The molecule has 3 aromatic rings. The Morgan fingerprint density at radius 2 is 2.11 bits per heavy atom. The molecular formula is C17H16ClN5O3S. The molecular weight excluding hydrogens is 390 g/mol. The molecule has 1 fully saturated rings. The number of aromatic nitrogens is 4. The van der Waals surface area contributed by atoms with Crippen LogP contribution in [0, 0.1) is 6.92 Å². The Labute approximate surface area is 161 Å². The fraction of sp³-hybridized carbons (Fsp3) is 0.294. The van der Waals surface area contributed by atoms with Gasteiger partial charge in [0.2, 0.25) is 21.7 Å². The molecule has 1 atom stereocenters. The quantitative estimate of drug-likeness (QED) is 0.657. The van der Waals surface area contributed by atoms with Crippen LogP contribution in [0.1, 0.15) is 23.9 Å². The molecule has 3 heterocycles. The van der Waals surface area contributed by atoms with Gasteiger partial charge >= 0.3 is 0 Å². The molecule has 1 unspecified atom stereocenters. The zero-order chi connectivity index (χ0) is 19.0. The fourth-order valence-corrected chi connectivity index (χ4v) is 5.20. The maximum atomic E-state index is 13.0. The van der Waals surface area contributed by atoms with E-state index < -0.39 is 10.0 Å². The second-order valence-electron chi connectivity index (χ2n) is 6.24. The predicted molar refractivity (Wildman–Crippen MR) is 97.6 cm³/mol. The third-order valence-corrected chi connectivity index (χ3v) is 6.87. The van der Waals surface area contributed by atoms with Gasteiger partial charge in [-0.05, 0) is 18.6 Å². The Morgan fingerprint density at radius 3 is 2.85 bits per heavy atom. The van der Waals surface area contributed by atoms with Crippen LogP contribution in [0.3, 0.4) is 0 Å². The second-order valence-corrected chi connectivity index (χ2v) is 8.55. The van der Waals surface area contributed by atoms with Crippen molar-refractivity contribution in [3.05, 3.63) is 53.4 Å². The lowest BCUT2D eigenvalue weighted by molar-refractivity contribution is 0.394. The lowest BCUT2D eigenvalue weighted by atomic mass is 10.00. The highest BCUT2D eigenvalue weighted by Crippen LogP contribution is 2.35. The summed E-state index contributed by atoms with van der Waals surface area (Å²) in [6.45, 7) is 2.38. The van der Waals surface area contributed by atoms with Crippen molar-refractivity contribution in [1.29, 1.82) is 0 Å². The second kappa shape index (κ2) is 6.99. The van der Waals surface area contributed by atoms with E-state index in [-0.39, 0.29) is 15.8 Å². The molecule has 8 nitrogen and oxygen atoms in total. The van der Waals surface area contributed by atoms with Gasteiger partial charge in [0, 0.05) is 32.1 Å². The first-order valence-corrected chi connectivity index (χ1v) is 10.1. The molecule has 0 bridgehead atoms. The normalized spacial score (nSPS) is 18.1. The number of aryl methyl sites for hydroxylation is 1. The maximum Gasteiger partial charge on any atom is 0.244 e. The van der Waals surface area contributed by atoms with Crippen molar-refractivity contribution in [2.75, 3.05) is 13.1 Å². The molecule has 0 aliphatic carbocycles. The molecule has 1 saturated heterocycles. The number of hydrogen-bond acceptors (Lipinski definition) is 7. The van der Waals surface area contributed by atoms with Crippen molar-refractivity contribution in [1.82, 2.24) is 24.4 Å². The van der Waals surface area contributed by atoms with Crippen LogP contribution in [-0.4, -0.2) is 45.9 Å². The molecule has 10 heteroatoms. The molecule has 2 aromatic heterocycles. The standard InChI is InChI=1S/C17H16ClN5O3S/c1-11-21-17(22-26-11)13-8-19-10-20-16(13)12-6-7-23(9-12)27(24,25)15-5-3-2-4-14(15)18/h2-5,8,10,12H,6-7,9H2,1H3. The van der Waals surface area contributed by atoms with Gasteiger partial charge in [-0.2, -0.15) is 9.29 Å². The molecule has 0 N–H and O–H groups in total. The van der Waals surface area contributed by atoms with E-state index >= 15 is 0 Å². The van der Waals surface area contributed by atoms with E-state index in [1.165, 1.54) is 16.7 Å². The number of benzene rings is 1. The third-order valence-electron chi connectivity index (χ3n) is 4.50. The minimum Gasteiger partial charge on any atom is -0.339 e. The van der Waals surface area contributed by atoms with Crippen LogP contribution in [0.2, 0.25) is 5.02 Å². The molecule has 0 spiro atoms. The van der Waals surface area contributed by atoms with E-state index in [4.69, 9.17) is 16.1 Å². The van der Waals surface area contributed by atoms with Crippen LogP contribution < -0.4 is 0 Å². The first-order chi connectivity index (χ1) is 13.0. The lowest BCUT2D eigenvalue weighted by Crippen LogP contribution is -2.29. The first kappa shape index (κ1) is 18.0. The number of rotatable bonds is 4. The van der Waals surface area contributed by atoms with Gasteiger partial charge < -0.3 is 4.52 Å². The van der Waals surface area contributed by atoms with Crippen LogP contribution in [0.25, 0.3) is 11.4 Å². The average molecular weight is 406 g/mol. The number of nitrogens with zero attached hydrogens (tertiary/aromatic N) is 5. The summed E-state index contributed by atoms with van der Waals surface area (Å²) in [5.74, 6) is 0.740. The summed E-state index contributed by atoms with van der Waals surface area (Å²) in [5, 5.41) is 4.14. The van der Waals surface area contributed by atoms with Crippen LogP contribution in [-0.2, 0) is 10.0 Å². The first-order valence-electron chi connectivity index (χ1n) is 8.32. The summed E-state index contributed by atoms with van der Waals surface area (Å²) < 4.78 is 32.4. The summed E-state index contributed by atoms with van der Waals surface area (Å²) in [4.78, 5) is 12.8. The summed E-state index contributed by atoms with van der Waals surface area (Å²) in [7, 11) is -3.68. The summed E-state index contributed by atoms with van der Waals surface area (Å²) in [6.07, 6.45) is 3.69. The molecule has 1 aromatic carbocycles. The number of hydrogen-bond donors (Lipinski definition) is 0. The van der Waals surface area contributed by atoms with Gasteiger partial charge in [-0.15, -0.1) is 0 Å². The zero-order valence-corrected chi connectivity index (χ0v) is 16.0. The number of sulfonamides is 1. The van der Waals surface area contributed by atoms with E-state index in [2.05, 4.69) is 20.1 Å². The molecule has 0 radical (unpaired) electrons. The molecule has 1 aliphatic rings. The van der Waals surface area contributed by atoms with Crippen molar-refractivity contribution in [3.8, 4) is 11.4 Å². The molecule has 1 aliphatic heterocycles. The van der Waals surface area contributed by atoms with E-state index in [0.717, 1.165) is 0 Å². The lowest BCUT2D eigenvalue weighted by Gasteiger charge is -2.17. The molecule has 140 valence electrons. The van der Waals surface area contributed by atoms with Gasteiger partial charge in [0.05, 0.1) is 16.3 Å². The Kier molecular flexibility index (Phi) is 4.67. The van der Waals surface area contributed by atoms with Crippen molar-refractivity contribution in [2.45, 2.75) is 24.2 Å². The molecule has 0 amide bonds. The predicted octanol–water partition coefficient (Wildman–Crippen LogP) is 2.67. The van der Waals surface area contributed by atoms with Crippen molar-refractivity contribution < 1.29 is 12.9 Å². The van der Waals surface area contributed by atoms with Crippen LogP contribution in [0.4, 0.5) is 0 Å². The summed E-state index contributed by atoms with van der Waals surface area (Å²) in [6, 6.07) is 6.45. The maximum absolute atomic E-state index is 13.0. The molecule has 0 saturated carbocycles. The van der Waals surface area contributed by atoms with Crippen molar-refractivity contribution in [3.63, 3.8) is 0 Å². The van der Waals surface area contributed by atoms with Gasteiger partial charge in [0.25, 0.3) is 0 Å². The largest absolute Gasteiger partial charge is 0.339 e. The minimum absolute atomic E-state index is 0.0981. The Morgan fingerprint density at radius 1 is 1.30 bits per heavy atom. The van der Waals surface area contributed by atoms with Gasteiger partial charge in [-0.1, -0.05) is 28.9 Å². The average Bonchev–Trinajstić information content (AvgIpc) is 3.31. The topological polar surface area (TPSA) is 102 Å². The zero-order valence-electron chi connectivity index (χ0n) is 14.4. The Balaban J connectivity index is 1.64. The third kappa shape index (κ3) is 3.33. The SMILES string of the molecule is Cc1nc(-c2cncnc2C2CCN(S(=O)(=O)c3ccccc3Cl)C2)no1. The van der Waals surface area contributed by atoms with Gasteiger partial charge in [-0.25, -0.2) is 18.4 Å². The highest BCUT2D eigenvalue weighted by Gasteiger charge is 2.36. The monoisotopic (exact) mass is 405 g/mol. The summed E-state index contributed by atoms with van der Waals surface area (Å²) >= 11 is 6.09. The van der Waals surface area contributed by atoms with Gasteiger partial charge in [0.15, 0.2) is 0 Å². The van der Waals surface area contributed by atoms with E-state index in [1.54, 1.807) is 31.3 Å². The smallest absolute Gasteiger partial charge is 0.244 e. The molecule has 4 rings (SSSR count). The van der Waals surface area contributed by atoms with Gasteiger partial charge in [-0.3, -0.25) is 0 Å². The number of halogens is 1. The Bertz CT molecular complexity index is 1090. The van der Waals surface area contributed by atoms with E-state index in [9.17, 15) is 8.42 Å². The molecule has 27 heavy (non-hydrogen) atoms. The van der Waals surface area contributed by atoms with Crippen LogP contribution >= 0.6 is 11.6 Å². The van der Waals surface area contributed by atoms with Crippen LogP contribution in [0.5, 0.6) is 0 Å². The van der Waals surface area contributed by atoms with Gasteiger partial charge in [0.1, 0.15) is 11.2 Å². The van der Waals surface area contributed by atoms with Crippen molar-refractivity contribution >= 4 is 21.6 Å². The van der Waals surface area contributed by atoms with Crippen molar-refractivity contribution in [2.24, 2.45) is 0 Å². The van der Waals surface area contributed by atoms with E-state index in [1.807, 2.05) is 0 Å². The fourth-order valence-electron chi connectivity index (χ4n) is 3.21. The highest BCUT2D eigenvalue weighted by atomic mass is 35.5. The Hall–Kier alpha value is -2.36. The highest BCUT2D eigenvalue weighted by molar-refractivity contribution is 7.89.